The summed E-state index contributed by atoms with van der Waals surface area (Å²) in [6, 6.07) is 3.89. The lowest BCUT2D eigenvalue weighted by Gasteiger charge is -2.14. The third kappa shape index (κ3) is 3.15. The van der Waals surface area contributed by atoms with E-state index in [9.17, 15) is 0 Å². The molecule has 2 aromatic heterocycles. The largest absolute Gasteiger partial charge is 0.324 e. The first-order valence-electron chi connectivity index (χ1n) is 6.07. The van der Waals surface area contributed by atoms with E-state index in [0.717, 1.165) is 22.7 Å². The van der Waals surface area contributed by atoms with Crippen molar-refractivity contribution < 1.29 is 0 Å². The Labute approximate surface area is 112 Å². The van der Waals surface area contributed by atoms with Gasteiger partial charge in [0.1, 0.15) is 0 Å². The third-order valence-corrected chi connectivity index (χ3v) is 3.70. The van der Waals surface area contributed by atoms with Gasteiger partial charge in [-0.15, -0.1) is 11.3 Å². The van der Waals surface area contributed by atoms with Crippen LogP contribution in [0.25, 0.3) is 0 Å². The fraction of sp³-hybridized carbons (Fsp3) is 0.429. The molecule has 0 saturated heterocycles. The van der Waals surface area contributed by atoms with Gasteiger partial charge in [0.15, 0.2) is 0 Å². The van der Waals surface area contributed by atoms with Crippen molar-refractivity contribution in [2.45, 2.75) is 38.6 Å². The number of rotatable bonds is 3. The van der Waals surface area contributed by atoms with Crippen LogP contribution in [0.5, 0.6) is 0 Å². The van der Waals surface area contributed by atoms with Gasteiger partial charge in [0.05, 0.1) is 10.7 Å². The van der Waals surface area contributed by atoms with Gasteiger partial charge in [-0.2, -0.15) is 0 Å². The van der Waals surface area contributed by atoms with Crippen LogP contribution in [-0.2, 0) is 11.8 Å². The Morgan fingerprint density at radius 2 is 2.17 bits per heavy atom. The first kappa shape index (κ1) is 13.2. The van der Waals surface area contributed by atoms with Crippen molar-refractivity contribution in [1.29, 1.82) is 0 Å². The first-order chi connectivity index (χ1) is 8.47. The molecular formula is C14H19N3S. The van der Waals surface area contributed by atoms with Crippen LogP contribution < -0.4 is 5.73 Å². The van der Waals surface area contributed by atoms with Crippen LogP contribution in [0, 0.1) is 0 Å². The average Bonchev–Trinajstić information content (AvgIpc) is 2.78. The molecule has 2 aromatic rings. The molecule has 0 saturated carbocycles. The Morgan fingerprint density at radius 1 is 1.39 bits per heavy atom. The molecule has 1 atom stereocenters. The molecule has 4 heteroatoms. The number of nitrogens with zero attached hydrogens (tertiary/aromatic N) is 2. The Bertz CT molecular complexity index is 499. The second-order valence-electron chi connectivity index (χ2n) is 5.47. The zero-order valence-electron chi connectivity index (χ0n) is 11.1. The standard InChI is InChI=1S/C14H19N3S/c1-14(2,3)12-9-18-13(17-12)7-11(15)10-5-4-6-16-8-10/h4-6,8-9,11H,7,15H2,1-3H3. The van der Waals surface area contributed by atoms with Gasteiger partial charge in [-0.1, -0.05) is 26.8 Å². The van der Waals surface area contributed by atoms with E-state index in [-0.39, 0.29) is 11.5 Å². The van der Waals surface area contributed by atoms with E-state index < -0.39 is 0 Å². The molecule has 0 fully saturated rings. The van der Waals surface area contributed by atoms with Crippen LogP contribution in [0.15, 0.2) is 29.9 Å². The molecule has 0 aliphatic heterocycles. The zero-order chi connectivity index (χ0) is 13.2. The van der Waals surface area contributed by atoms with Crippen molar-refractivity contribution in [1.82, 2.24) is 9.97 Å². The maximum atomic E-state index is 6.17. The Balaban J connectivity index is 2.08. The van der Waals surface area contributed by atoms with Crippen LogP contribution >= 0.6 is 11.3 Å². The fourth-order valence-corrected chi connectivity index (χ4v) is 2.73. The van der Waals surface area contributed by atoms with E-state index in [1.165, 1.54) is 0 Å². The summed E-state index contributed by atoms with van der Waals surface area (Å²) < 4.78 is 0. The van der Waals surface area contributed by atoms with Gasteiger partial charge in [-0.3, -0.25) is 4.98 Å². The minimum Gasteiger partial charge on any atom is -0.324 e. The van der Waals surface area contributed by atoms with Crippen molar-refractivity contribution in [3.63, 3.8) is 0 Å². The Morgan fingerprint density at radius 3 is 2.72 bits per heavy atom. The smallest absolute Gasteiger partial charge is 0.0947 e. The molecule has 0 aliphatic rings. The highest BCUT2D eigenvalue weighted by atomic mass is 32.1. The fourth-order valence-electron chi connectivity index (χ4n) is 1.65. The highest BCUT2D eigenvalue weighted by Gasteiger charge is 2.18. The predicted molar refractivity (Wildman–Crippen MR) is 75.7 cm³/mol. The molecule has 18 heavy (non-hydrogen) atoms. The highest BCUT2D eigenvalue weighted by Crippen LogP contribution is 2.25. The van der Waals surface area contributed by atoms with Gasteiger partial charge >= 0.3 is 0 Å². The topological polar surface area (TPSA) is 51.8 Å². The molecule has 2 rings (SSSR count). The van der Waals surface area contributed by atoms with Gasteiger partial charge in [0.2, 0.25) is 0 Å². The van der Waals surface area contributed by atoms with Crippen LogP contribution in [0.2, 0.25) is 0 Å². The maximum Gasteiger partial charge on any atom is 0.0947 e. The van der Waals surface area contributed by atoms with Crippen LogP contribution in [0.3, 0.4) is 0 Å². The van der Waals surface area contributed by atoms with E-state index in [2.05, 4.69) is 36.1 Å². The summed E-state index contributed by atoms with van der Waals surface area (Å²) in [6.45, 7) is 6.52. The molecule has 2 heterocycles. The average molecular weight is 261 g/mol. The van der Waals surface area contributed by atoms with E-state index in [4.69, 9.17) is 5.73 Å². The monoisotopic (exact) mass is 261 g/mol. The van der Waals surface area contributed by atoms with E-state index >= 15 is 0 Å². The lowest BCUT2D eigenvalue weighted by Crippen LogP contribution is -2.15. The molecular weight excluding hydrogens is 242 g/mol. The van der Waals surface area contributed by atoms with Gasteiger partial charge in [0.25, 0.3) is 0 Å². The molecule has 0 spiro atoms. The molecule has 1 unspecified atom stereocenters. The van der Waals surface area contributed by atoms with Crippen molar-refractivity contribution in [3.05, 3.63) is 46.2 Å². The second kappa shape index (κ2) is 5.16. The summed E-state index contributed by atoms with van der Waals surface area (Å²) in [5.41, 5.74) is 8.48. The number of thiazole rings is 1. The van der Waals surface area contributed by atoms with Gasteiger partial charge in [-0.05, 0) is 11.6 Å². The third-order valence-electron chi connectivity index (χ3n) is 2.83. The van der Waals surface area contributed by atoms with Crippen molar-refractivity contribution in [2.75, 3.05) is 0 Å². The van der Waals surface area contributed by atoms with E-state index in [1.54, 1.807) is 17.5 Å². The minimum atomic E-state index is -0.0299. The normalized spacial score (nSPS) is 13.6. The number of nitrogens with two attached hydrogens (primary N) is 1. The molecule has 0 amide bonds. The minimum absolute atomic E-state index is 0.0299. The highest BCUT2D eigenvalue weighted by molar-refractivity contribution is 7.09. The summed E-state index contributed by atoms with van der Waals surface area (Å²) in [7, 11) is 0. The molecule has 0 aliphatic carbocycles. The second-order valence-corrected chi connectivity index (χ2v) is 6.42. The van der Waals surface area contributed by atoms with Crippen molar-refractivity contribution in [2.24, 2.45) is 5.73 Å². The van der Waals surface area contributed by atoms with Crippen molar-refractivity contribution in [3.8, 4) is 0 Å². The predicted octanol–water partition coefficient (Wildman–Crippen LogP) is 3.08. The molecule has 3 nitrogen and oxygen atoms in total. The van der Waals surface area contributed by atoms with Crippen LogP contribution in [-0.4, -0.2) is 9.97 Å². The molecule has 0 bridgehead atoms. The zero-order valence-corrected chi connectivity index (χ0v) is 11.9. The lowest BCUT2D eigenvalue weighted by atomic mass is 9.93. The Hall–Kier alpha value is -1.26. The van der Waals surface area contributed by atoms with Crippen LogP contribution in [0.1, 0.15) is 43.1 Å². The molecule has 0 aromatic carbocycles. The van der Waals surface area contributed by atoms with E-state index in [1.807, 2.05) is 18.3 Å². The van der Waals surface area contributed by atoms with E-state index in [0.29, 0.717) is 0 Å². The lowest BCUT2D eigenvalue weighted by molar-refractivity contribution is 0.569. The molecule has 2 N–H and O–H groups in total. The van der Waals surface area contributed by atoms with Crippen molar-refractivity contribution >= 4 is 11.3 Å². The van der Waals surface area contributed by atoms with Gasteiger partial charge in [0, 0.05) is 35.7 Å². The Kier molecular flexibility index (Phi) is 3.78. The summed E-state index contributed by atoms with van der Waals surface area (Å²) in [4.78, 5) is 8.76. The number of hydrogen-bond acceptors (Lipinski definition) is 4. The van der Waals surface area contributed by atoms with Gasteiger partial charge < -0.3 is 5.73 Å². The number of hydrogen-bond donors (Lipinski definition) is 1. The quantitative estimate of drug-likeness (QED) is 0.923. The summed E-state index contributed by atoms with van der Waals surface area (Å²) >= 11 is 1.69. The van der Waals surface area contributed by atoms with Gasteiger partial charge in [-0.25, -0.2) is 4.98 Å². The first-order valence-corrected chi connectivity index (χ1v) is 6.95. The molecule has 0 radical (unpaired) electrons. The summed E-state index contributed by atoms with van der Waals surface area (Å²) in [5.74, 6) is 0. The number of pyridine rings is 1. The molecule has 96 valence electrons. The summed E-state index contributed by atoms with van der Waals surface area (Å²) in [6.07, 6.45) is 4.35. The number of aromatic nitrogens is 2. The maximum absolute atomic E-state index is 6.17. The van der Waals surface area contributed by atoms with Crippen LogP contribution in [0.4, 0.5) is 0 Å². The SMILES string of the molecule is CC(C)(C)c1csc(CC(N)c2cccnc2)n1. The summed E-state index contributed by atoms with van der Waals surface area (Å²) in [5, 5.41) is 3.22.